The van der Waals surface area contributed by atoms with E-state index in [1.165, 1.54) is 0 Å². The molecule has 0 radical (unpaired) electrons. The zero-order valence-corrected chi connectivity index (χ0v) is 13.7. The van der Waals surface area contributed by atoms with Crippen LogP contribution in [-0.4, -0.2) is 62.1 Å². The second kappa shape index (κ2) is 9.65. The summed E-state index contributed by atoms with van der Waals surface area (Å²) < 4.78 is 5.03. The fourth-order valence-electron chi connectivity index (χ4n) is 1.92. The van der Waals surface area contributed by atoms with Crippen LogP contribution in [0, 0.1) is 0 Å². The second-order valence-corrected chi connectivity index (χ2v) is 5.95. The van der Waals surface area contributed by atoms with E-state index in [4.69, 9.17) is 4.74 Å². The van der Waals surface area contributed by atoms with Crippen LogP contribution in [-0.2, 0) is 4.74 Å². The molecule has 1 aromatic rings. The minimum absolute atomic E-state index is 0.365. The zero-order chi connectivity index (χ0) is 15.7. The molecular weight excluding hydrogens is 288 g/mol. The topological polar surface area (TPSA) is 61.8 Å². The molecule has 1 rings (SSSR count). The molecule has 6 heteroatoms. The Kier molecular flexibility index (Phi) is 8.19. The smallest absolute Gasteiger partial charge is 0.338 e. The second-order valence-electron chi connectivity index (χ2n) is 4.64. The van der Waals surface area contributed by atoms with Crippen molar-refractivity contribution in [3.63, 3.8) is 0 Å². The normalized spacial score (nSPS) is 10.9. The number of hydrogen-bond acceptors (Lipinski definition) is 5. The van der Waals surface area contributed by atoms with Crippen LogP contribution in [0.4, 0.5) is 5.69 Å². The number of aromatic carboxylic acids is 1. The number of carbonyl (C=O) groups is 1. The fraction of sp³-hybridized carbons (Fsp3) is 0.533. The third-order valence-corrected chi connectivity index (χ3v) is 3.97. The number of rotatable bonds is 10. The summed E-state index contributed by atoms with van der Waals surface area (Å²) in [4.78, 5) is 14.4. The van der Waals surface area contributed by atoms with E-state index >= 15 is 0 Å². The Morgan fingerprint density at radius 1 is 1.43 bits per heavy atom. The van der Waals surface area contributed by atoms with E-state index in [-0.39, 0.29) is 0 Å². The molecule has 0 bridgehead atoms. The highest BCUT2D eigenvalue weighted by Crippen LogP contribution is 2.28. The summed E-state index contributed by atoms with van der Waals surface area (Å²) in [5, 5.41) is 12.6. The van der Waals surface area contributed by atoms with Crippen LogP contribution in [0.25, 0.3) is 0 Å². The maximum atomic E-state index is 11.5. The lowest BCUT2D eigenvalue weighted by Gasteiger charge is -2.18. The van der Waals surface area contributed by atoms with Gasteiger partial charge in [0.05, 0.1) is 12.2 Å². The number of hydrogen-bond donors (Lipinski definition) is 2. The molecule has 0 aliphatic rings. The molecule has 118 valence electrons. The quantitative estimate of drug-likeness (QED) is 0.647. The van der Waals surface area contributed by atoms with E-state index < -0.39 is 5.97 Å². The van der Waals surface area contributed by atoms with Gasteiger partial charge in [0, 0.05) is 37.3 Å². The van der Waals surface area contributed by atoms with Crippen LogP contribution in [0.5, 0.6) is 0 Å². The molecule has 1 aromatic carbocycles. The number of nitrogens with one attached hydrogen (secondary N) is 1. The number of likely N-dealkylation sites (N-methyl/N-ethyl adjacent to an activating group) is 1. The molecule has 21 heavy (non-hydrogen) atoms. The maximum absolute atomic E-state index is 11.5. The largest absolute Gasteiger partial charge is 0.478 e. The Labute approximate surface area is 130 Å². The van der Waals surface area contributed by atoms with Crippen LogP contribution in [0.15, 0.2) is 23.1 Å². The van der Waals surface area contributed by atoms with Gasteiger partial charge in [-0.15, -0.1) is 11.8 Å². The van der Waals surface area contributed by atoms with Gasteiger partial charge in [-0.25, -0.2) is 4.79 Å². The summed E-state index contributed by atoms with van der Waals surface area (Å²) >= 11 is 1.55. The van der Waals surface area contributed by atoms with Crippen molar-refractivity contribution in [3.05, 3.63) is 23.8 Å². The number of benzene rings is 1. The zero-order valence-electron chi connectivity index (χ0n) is 12.9. The van der Waals surface area contributed by atoms with Gasteiger partial charge in [-0.05, 0) is 24.9 Å². The Hall–Kier alpha value is -1.24. The van der Waals surface area contributed by atoms with Crippen LogP contribution < -0.4 is 5.32 Å². The van der Waals surface area contributed by atoms with Crippen LogP contribution in [0.2, 0.25) is 0 Å². The van der Waals surface area contributed by atoms with Crippen LogP contribution in [0.1, 0.15) is 17.3 Å². The first kappa shape index (κ1) is 17.8. The highest BCUT2D eigenvalue weighted by Gasteiger charge is 2.15. The van der Waals surface area contributed by atoms with E-state index in [2.05, 4.69) is 10.2 Å². The van der Waals surface area contributed by atoms with E-state index in [1.807, 2.05) is 32.2 Å². The number of carboxylic acids is 1. The highest BCUT2D eigenvalue weighted by atomic mass is 32.2. The SMILES string of the molecule is CCSc1cccc(NCCN(C)CCOC)c1C(=O)O. The molecule has 0 saturated carbocycles. The van der Waals surface area contributed by atoms with Gasteiger partial charge in [-0.3, -0.25) is 0 Å². The van der Waals surface area contributed by atoms with Crippen molar-refractivity contribution < 1.29 is 14.6 Å². The Bertz CT molecular complexity index is 455. The van der Waals surface area contributed by atoms with Gasteiger partial charge >= 0.3 is 5.97 Å². The molecule has 0 spiro atoms. The van der Waals surface area contributed by atoms with Crippen molar-refractivity contribution in [2.24, 2.45) is 0 Å². The Balaban J connectivity index is 2.66. The van der Waals surface area contributed by atoms with Crippen molar-refractivity contribution >= 4 is 23.4 Å². The molecule has 0 unspecified atom stereocenters. The predicted molar refractivity (Wildman–Crippen MR) is 87.7 cm³/mol. The van der Waals surface area contributed by atoms with E-state index in [9.17, 15) is 9.90 Å². The van der Waals surface area contributed by atoms with Crippen molar-refractivity contribution in [1.29, 1.82) is 0 Å². The van der Waals surface area contributed by atoms with Crippen LogP contribution >= 0.6 is 11.8 Å². The molecule has 0 atom stereocenters. The van der Waals surface area contributed by atoms with Gasteiger partial charge in [0.25, 0.3) is 0 Å². The number of methoxy groups -OCH3 is 1. The summed E-state index contributed by atoms with van der Waals surface area (Å²) in [6.45, 7) is 5.09. The van der Waals surface area contributed by atoms with Gasteiger partial charge in [0.1, 0.15) is 0 Å². The first-order valence-corrected chi connectivity index (χ1v) is 7.99. The number of anilines is 1. The monoisotopic (exact) mass is 312 g/mol. The molecule has 5 nitrogen and oxygen atoms in total. The van der Waals surface area contributed by atoms with Gasteiger partial charge in [0.15, 0.2) is 0 Å². The molecule has 2 N–H and O–H groups in total. The number of thioether (sulfide) groups is 1. The maximum Gasteiger partial charge on any atom is 0.338 e. The van der Waals surface area contributed by atoms with Crippen LogP contribution in [0.3, 0.4) is 0 Å². The van der Waals surface area contributed by atoms with E-state index in [1.54, 1.807) is 18.9 Å². The summed E-state index contributed by atoms with van der Waals surface area (Å²) in [6, 6.07) is 5.56. The first-order chi connectivity index (χ1) is 10.1. The number of carboxylic acid groups (broad SMARTS) is 1. The lowest BCUT2D eigenvalue weighted by atomic mass is 10.1. The van der Waals surface area contributed by atoms with E-state index in [0.29, 0.717) is 24.4 Å². The fourth-order valence-corrected chi connectivity index (χ4v) is 2.74. The van der Waals surface area contributed by atoms with Crippen molar-refractivity contribution in [2.45, 2.75) is 11.8 Å². The summed E-state index contributed by atoms with van der Waals surface area (Å²) in [5.74, 6) is -0.0366. The molecule has 0 aromatic heterocycles. The third kappa shape index (κ3) is 5.95. The van der Waals surface area contributed by atoms with Gasteiger partial charge in [-0.1, -0.05) is 13.0 Å². The van der Waals surface area contributed by atoms with E-state index in [0.717, 1.165) is 23.7 Å². The Morgan fingerprint density at radius 3 is 2.81 bits per heavy atom. The minimum atomic E-state index is -0.887. The standard InChI is InChI=1S/C15H24N2O3S/c1-4-21-13-7-5-6-12(14(13)15(18)19)16-8-9-17(2)10-11-20-3/h5-7,16H,4,8-11H2,1-3H3,(H,18,19). The minimum Gasteiger partial charge on any atom is -0.478 e. The molecule has 0 amide bonds. The van der Waals surface area contributed by atoms with Crippen molar-refractivity contribution in [2.75, 3.05) is 51.5 Å². The average Bonchev–Trinajstić information content (AvgIpc) is 2.45. The summed E-state index contributed by atoms with van der Waals surface area (Å²) in [7, 11) is 3.70. The van der Waals surface area contributed by atoms with Crippen molar-refractivity contribution in [3.8, 4) is 0 Å². The van der Waals surface area contributed by atoms with Gasteiger partial charge in [-0.2, -0.15) is 0 Å². The first-order valence-electron chi connectivity index (χ1n) is 7.00. The summed E-state index contributed by atoms with van der Waals surface area (Å²) in [6.07, 6.45) is 0. The van der Waals surface area contributed by atoms with Gasteiger partial charge < -0.3 is 20.1 Å². The Morgan fingerprint density at radius 2 is 2.19 bits per heavy atom. The van der Waals surface area contributed by atoms with Gasteiger partial charge in [0.2, 0.25) is 0 Å². The summed E-state index contributed by atoms with van der Waals surface area (Å²) in [5.41, 5.74) is 1.05. The molecular formula is C15H24N2O3S. The third-order valence-electron chi connectivity index (χ3n) is 3.03. The predicted octanol–water partition coefficient (Wildman–Crippen LogP) is 2.49. The molecule has 0 aliphatic carbocycles. The van der Waals surface area contributed by atoms with Crippen molar-refractivity contribution in [1.82, 2.24) is 4.90 Å². The number of nitrogens with zero attached hydrogens (tertiary/aromatic N) is 1. The lowest BCUT2D eigenvalue weighted by molar-refractivity contribution is 0.0694. The molecule has 0 heterocycles. The molecule has 0 saturated heterocycles. The highest BCUT2D eigenvalue weighted by molar-refractivity contribution is 7.99. The lowest BCUT2D eigenvalue weighted by Crippen LogP contribution is -2.28. The number of ether oxygens (including phenoxy) is 1. The molecule has 0 fully saturated rings. The average molecular weight is 312 g/mol. The molecule has 0 aliphatic heterocycles.